The third-order valence-electron chi connectivity index (χ3n) is 6.72. The molecule has 0 spiro atoms. The molecule has 2 aliphatic heterocycles. The molecule has 1 fully saturated rings. The monoisotopic (exact) mass is 511 g/mol. The number of hydrogen-bond donors (Lipinski definition) is 1. The van der Waals surface area contributed by atoms with Crippen molar-refractivity contribution in [1.29, 1.82) is 0 Å². The van der Waals surface area contributed by atoms with E-state index in [4.69, 9.17) is 4.74 Å². The van der Waals surface area contributed by atoms with Gasteiger partial charge in [0.1, 0.15) is 6.61 Å². The number of ether oxygens (including phenoxy) is 1. The van der Waals surface area contributed by atoms with Gasteiger partial charge in [-0.15, -0.1) is 12.4 Å². The van der Waals surface area contributed by atoms with Crippen LogP contribution in [0.15, 0.2) is 42.5 Å². The largest absolute Gasteiger partial charge is 0.465 e. The quantitative estimate of drug-likeness (QED) is 0.531. The van der Waals surface area contributed by atoms with E-state index in [9.17, 15) is 18.0 Å². The van der Waals surface area contributed by atoms with Crippen LogP contribution in [0, 0.1) is 0 Å². The number of benzene rings is 2. The fraction of sp³-hybridized carbons (Fsp3) is 0.500. The van der Waals surface area contributed by atoms with E-state index >= 15 is 0 Å². The third kappa shape index (κ3) is 6.90. The van der Waals surface area contributed by atoms with Gasteiger partial charge >= 0.3 is 12.1 Å². The molecule has 0 saturated carbocycles. The molecule has 2 aromatic carbocycles. The Bertz CT molecular complexity index is 1000. The molecule has 5 nitrogen and oxygen atoms in total. The minimum Gasteiger partial charge on any atom is -0.465 e. The average molecular weight is 512 g/mol. The lowest BCUT2D eigenvalue weighted by Crippen LogP contribution is -2.52. The highest BCUT2D eigenvalue weighted by Gasteiger charge is 2.32. The molecule has 35 heavy (non-hydrogen) atoms. The van der Waals surface area contributed by atoms with Crippen LogP contribution < -0.4 is 10.2 Å². The fourth-order valence-corrected chi connectivity index (χ4v) is 5.00. The lowest BCUT2D eigenvalue weighted by atomic mass is 10.0. The van der Waals surface area contributed by atoms with Crippen molar-refractivity contribution in [2.75, 3.05) is 44.2 Å². The van der Waals surface area contributed by atoms with E-state index in [1.807, 2.05) is 18.2 Å². The highest BCUT2D eigenvalue weighted by atomic mass is 35.5. The van der Waals surface area contributed by atoms with Crippen molar-refractivity contribution in [2.45, 2.75) is 44.8 Å². The summed E-state index contributed by atoms with van der Waals surface area (Å²) in [6.07, 6.45) is -1.11. The number of fused-ring (bicyclic) bond motifs is 2. The van der Waals surface area contributed by atoms with Crippen LogP contribution in [-0.2, 0) is 28.5 Å². The molecule has 1 unspecified atom stereocenters. The molecule has 192 valence electrons. The maximum atomic E-state index is 13.5. The summed E-state index contributed by atoms with van der Waals surface area (Å²) in [4.78, 5) is 15.5. The maximum Gasteiger partial charge on any atom is 0.416 e. The molecule has 0 aliphatic carbocycles. The van der Waals surface area contributed by atoms with Gasteiger partial charge in [-0.25, -0.2) is 0 Å². The van der Waals surface area contributed by atoms with Gasteiger partial charge in [0.05, 0.1) is 5.56 Å². The van der Waals surface area contributed by atoms with Crippen molar-refractivity contribution in [3.63, 3.8) is 0 Å². The second-order valence-corrected chi connectivity index (χ2v) is 9.00. The Hall–Kier alpha value is -2.29. The van der Waals surface area contributed by atoms with Gasteiger partial charge in [-0.05, 0) is 55.0 Å². The van der Waals surface area contributed by atoms with E-state index in [1.54, 1.807) is 6.07 Å². The molecule has 4 rings (SSSR count). The summed E-state index contributed by atoms with van der Waals surface area (Å²) in [6, 6.07) is 12.5. The number of carbonyl (C=O) groups excluding carboxylic acids is 1. The first-order chi connectivity index (χ1) is 16.3. The van der Waals surface area contributed by atoms with Gasteiger partial charge in [0.25, 0.3) is 0 Å². The van der Waals surface area contributed by atoms with Gasteiger partial charge in [0.2, 0.25) is 0 Å². The number of aryl methyl sites for hydroxylation is 2. The highest BCUT2D eigenvalue weighted by molar-refractivity contribution is 5.85. The normalized spacial score (nSPS) is 18.2. The van der Waals surface area contributed by atoms with E-state index < -0.39 is 11.7 Å². The van der Waals surface area contributed by atoms with Crippen molar-refractivity contribution in [1.82, 2.24) is 10.2 Å². The standard InChI is InChI=1S/C26H32F3N3O2.ClH/c1-19(33)34-16-15-31-14-12-30-18-23(31)6-4-13-32-24-7-3-2-5-20(24)8-9-21-10-11-22(17-25(21)32)26(27,28)29;/h2-3,5,7,10-11,17,23,30H,4,6,8-9,12-16,18H2,1H3;1H. The number of carbonyl (C=O) groups is 1. The molecule has 0 bridgehead atoms. The Kier molecular flexibility index (Phi) is 9.44. The van der Waals surface area contributed by atoms with Gasteiger partial charge in [0, 0.05) is 57.1 Å². The lowest BCUT2D eigenvalue weighted by molar-refractivity contribution is -0.141. The van der Waals surface area contributed by atoms with Crippen molar-refractivity contribution >= 4 is 29.8 Å². The summed E-state index contributed by atoms with van der Waals surface area (Å²) in [5.74, 6) is -0.275. The zero-order valence-corrected chi connectivity index (χ0v) is 20.8. The predicted molar refractivity (Wildman–Crippen MR) is 134 cm³/mol. The Morgan fingerprint density at radius 1 is 1.09 bits per heavy atom. The number of esters is 1. The minimum absolute atomic E-state index is 0. The minimum atomic E-state index is -4.37. The van der Waals surface area contributed by atoms with E-state index in [2.05, 4.69) is 21.2 Å². The molecule has 1 atom stereocenters. The van der Waals surface area contributed by atoms with Crippen LogP contribution in [0.25, 0.3) is 0 Å². The van der Waals surface area contributed by atoms with Crippen LogP contribution in [0.2, 0.25) is 0 Å². The molecular weight excluding hydrogens is 479 g/mol. The van der Waals surface area contributed by atoms with Crippen LogP contribution in [0.1, 0.15) is 36.5 Å². The number of nitrogens with one attached hydrogen (secondary N) is 1. The third-order valence-corrected chi connectivity index (χ3v) is 6.72. The number of hydrogen-bond acceptors (Lipinski definition) is 5. The van der Waals surface area contributed by atoms with E-state index in [1.165, 1.54) is 19.1 Å². The molecule has 0 radical (unpaired) electrons. The second-order valence-electron chi connectivity index (χ2n) is 9.00. The summed E-state index contributed by atoms with van der Waals surface area (Å²) < 4.78 is 45.7. The number of nitrogens with zero attached hydrogens (tertiary/aromatic N) is 2. The first-order valence-corrected chi connectivity index (χ1v) is 12.0. The Morgan fingerprint density at radius 3 is 2.57 bits per heavy atom. The Labute approximate surface area is 211 Å². The van der Waals surface area contributed by atoms with E-state index in [0.717, 1.165) is 62.1 Å². The van der Waals surface area contributed by atoms with Crippen molar-refractivity contribution in [2.24, 2.45) is 0 Å². The molecule has 1 saturated heterocycles. The number of piperazine rings is 1. The van der Waals surface area contributed by atoms with Crippen LogP contribution >= 0.6 is 12.4 Å². The van der Waals surface area contributed by atoms with Gasteiger partial charge in [0.15, 0.2) is 0 Å². The summed E-state index contributed by atoms with van der Waals surface area (Å²) >= 11 is 0. The molecule has 1 N–H and O–H groups in total. The number of alkyl halides is 3. The number of para-hydroxylation sites is 1. The second kappa shape index (κ2) is 12.1. The van der Waals surface area contributed by atoms with Crippen LogP contribution in [0.4, 0.5) is 24.5 Å². The molecule has 9 heteroatoms. The molecule has 2 aliphatic rings. The van der Waals surface area contributed by atoms with Gasteiger partial charge < -0.3 is 15.0 Å². The Balaban J connectivity index is 0.00000342. The van der Waals surface area contributed by atoms with Crippen molar-refractivity contribution in [3.05, 3.63) is 59.2 Å². The van der Waals surface area contributed by atoms with Crippen molar-refractivity contribution in [3.8, 4) is 0 Å². The molecule has 2 aromatic rings. The number of anilines is 2. The average Bonchev–Trinajstić information content (AvgIpc) is 2.96. The van der Waals surface area contributed by atoms with E-state index in [0.29, 0.717) is 31.4 Å². The van der Waals surface area contributed by atoms with E-state index in [-0.39, 0.29) is 18.4 Å². The summed E-state index contributed by atoms with van der Waals surface area (Å²) in [5.41, 5.74) is 3.16. The first kappa shape index (κ1) is 27.3. The van der Waals surface area contributed by atoms with Gasteiger partial charge in [-0.2, -0.15) is 13.2 Å². The van der Waals surface area contributed by atoms with Crippen LogP contribution in [-0.4, -0.2) is 56.2 Å². The molecular formula is C26H33ClF3N3O2. The zero-order chi connectivity index (χ0) is 24.1. The van der Waals surface area contributed by atoms with Crippen molar-refractivity contribution < 1.29 is 22.7 Å². The molecule has 0 aromatic heterocycles. The highest BCUT2D eigenvalue weighted by Crippen LogP contribution is 2.40. The summed E-state index contributed by atoms with van der Waals surface area (Å²) in [6.45, 7) is 5.75. The predicted octanol–water partition coefficient (Wildman–Crippen LogP) is 4.98. The number of rotatable bonds is 7. The Morgan fingerprint density at radius 2 is 1.83 bits per heavy atom. The van der Waals surface area contributed by atoms with Gasteiger partial charge in [-0.3, -0.25) is 9.69 Å². The zero-order valence-electron chi connectivity index (χ0n) is 19.9. The molecule has 0 amide bonds. The topological polar surface area (TPSA) is 44.8 Å². The smallest absolute Gasteiger partial charge is 0.416 e. The first-order valence-electron chi connectivity index (χ1n) is 12.0. The van der Waals surface area contributed by atoms with Gasteiger partial charge in [-0.1, -0.05) is 24.3 Å². The number of halogens is 4. The molecule has 2 heterocycles. The van der Waals surface area contributed by atoms with Crippen LogP contribution in [0.5, 0.6) is 0 Å². The summed E-state index contributed by atoms with van der Waals surface area (Å²) in [7, 11) is 0. The fourth-order valence-electron chi connectivity index (χ4n) is 5.00. The lowest BCUT2D eigenvalue weighted by Gasteiger charge is -2.36. The summed E-state index contributed by atoms with van der Waals surface area (Å²) in [5, 5.41) is 3.43. The SMILES string of the molecule is CC(=O)OCCN1CCNCC1CCCN1c2ccccc2CCc2ccc(C(F)(F)F)cc21.Cl. The van der Waals surface area contributed by atoms with Crippen LogP contribution in [0.3, 0.4) is 0 Å². The maximum absolute atomic E-state index is 13.5.